The highest BCUT2D eigenvalue weighted by molar-refractivity contribution is 6.08. The van der Waals surface area contributed by atoms with E-state index in [1.165, 1.54) is 12.1 Å². The maximum atomic E-state index is 13.9. The number of halogens is 1. The van der Waals surface area contributed by atoms with Crippen LogP contribution < -0.4 is 5.32 Å². The Hall–Kier alpha value is -4.58. The third kappa shape index (κ3) is 4.00. The second-order valence-electron chi connectivity index (χ2n) is 9.34. The molecule has 1 N–H and O–H groups in total. The van der Waals surface area contributed by atoms with E-state index in [9.17, 15) is 14.0 Å². The van der Waals surface area contributed by atoms with Crippen LogP contribution in [0, 0.1) is 12.7 Å². The summed E-state index contributed by atoms with van der Waals surface area (Å²) in [5.41, 5.74) is 4.55. The molecule has 0 fully saturated rings. The van der Waals surface area contributed by atoms with Gasteiger partial charge in [-0.2, -0.15) is 5.10 Å². The number of para-hydroxylation sites is 1. The maximum Gasteiger partial charge on any atom is 0.252 e. The zero-order chi connectivity index (χ0) is 25.5. The molecule has 6 rings (SSSR count). The van der Waals surface area contributed by atoms with Crippen molar-refractivity contribution in [3.8, 4) is 5.69 Å². The standard InChI is InChI=1S/C31H24FN3O2/c1-19-28-26(35(34-19)23-10-3-2-4-11-23)18-27(36)30(29(28)21-14-16-22(32)17-15-21)33-31(37)25-13-7-9-20-8-5-6-12-24(20)25/h2-17,29-30H,18H2,1H3,(H,33,37)/t29-,30-/m0/s1. The van der Waals surface area contributed by atoms with E-state index in [0.29, 0.717) is 5.56 Å². The fourth-order valence-corrected chi connectivity index (χ4v) is 5.41. The van der Waals surface area contributed by atoms with Crippen LogP contribution >= 0.6 is 0 Å². The van der Waals surface area contributed by atoms with Crippen LogP contribution in [-0.2, 0) is 11.2 Å². The van der Waals surface area contributed by atoms with Gasteiger partial charge in [-0.15, -0.1) is 0 Å². The second-order valence-corrected chi connectivity index (χ2v) is 9.34. The fraction of sp³-hybridized carbons (Fsp3) is 0.129. The highest BCUT2D eigenvalue weighted by Crippen LogP contribution is 2.39. The summed E-state index contributed by atoms with van der Waals surface area (Å²) in [6.45, 7) is 1.91. The van der Waals surface area contributed by atoms with Crippen LogP contribution in [0.1, 0.15) is 38.8 Å². The zero-order valence-electron chi connectivity index (χ0n) is 20.2. The van der Waals surface area contributed by atoms with E-state index < -0.39 is 12.0 Å². The smallest absolute Gasteiger partial charge is 0.252 e. The Morgan fingerprint density at radius 2 is 1.62 bits per heavy atom. The van der Waals surface area contributed by atoms with Gasteiger partial charge in [-0.05, 0) is 53.6 Å². The number of hydrogen-bond donors (Lipinski definition) is 1. The van der Waals surface area contributed by atoms with Gasteiger partial charge >= 0.3 is 0 Å². The first-order valence-electron chi connectivity index (χ1n) is 12.2. The van der Waals surface area contributed by atoms with E-state index in [4.69, 9.17) is 5.10 Å². The minimum Gasteiger partial charge on any atom is -0.341 e. The minimum atomic E-state index is -0.823. The molecule has 0 saturated carbocycles. The number of aromatic nitrogens is 2. The molecule has 4 aromatic carbocycles. The van der Waals surface area contributed by atoms with Crippen molar-refractivity contribution in [1.82, 2.24) is 15.1 Å². The number of hydrogen-bond acceptors (Lipinski definition) is 3. The van der Waals surface area contributed by atoms with Gasteiger partial charge in [0.15, 0.2) is 5.78 Å². The Morgan fingerprint density at radius 1 is 0.919 bits per heavy atom. The Labute approximate surface area is 213 Å². The molecule has 1 amide bonds. The van der Waals surface area contributed by atoms with Crippen LogP contribution in [0.4, 0.5) is 4.39 Å². The van der Waals surface area contributed by atoms with Gasteiger partial charge in [0.2, 0.25) is 0 Å². The quantitative estimate of drug-likeness (QED) is 0.361. The van der Waals surface area contributed by atoms with Crippen molar-refractivity contribution < 1.29 is 14.0 Å². The summed E-state index contributed by atoms with van der Waals surface area (Å²) in [6, 6.07) is 28.2. The van der Waals surface area contributed by atoms with Crippen LogP contribution in [0.2, 0.25) is 0 Å². The highest BCUT2D eigenvalue weighted by Gasteiger charge is 2.41. The average Bonchev–Trinajstić information content (AvgIpc) is 3.25. The number of nitrogens with zero attached hydrogens (tertiary/aromatic N) is 2. The number of rotatable bonds is 4. The summed E-state index contributed by atoms with van der Waals surface area (Å²) in [4.78, 5) is 27.3. The second kappa shape index (κ2) is 9.13. The van der Waals surface area contributed by atoms with E-state index in [1.807, 2.05) is 78.3 Å². The van der Waals surface area contributed by atoms with Gasteiger partial charge < -0.3 is 5.32 Å². The van der Waals surface area contributed by atoms with Crippen molar-refractivity contribution in [3.05, 3.63) is 131 Å². The molecule has 5 nitrogen and oxygen atoms in total. The van der Waals surface area contributed by atoms with Crippen LogP contribution in [0.15, 0.2) is 97.1 Å². The summed E-state index contributed by atoms with van der Waals surface area (Å²) >= 11 is 0. The topological polar surface area (TPSA) is 64.0 Å². The predicted molar refractivity (Wildman–Crippen MR) is 140 cm³/mol. The lowest BCUT2D eigenvalue weighted by atomic mass is 9.76. The van der Waals surface area contributed by atoms with E-state index in [2.05, 4.69) is 5.32 Å². The number of nitrogens with one attached hydrogen (secondary N) is 1. The molecule has 1 heterocycles. The molecule has 182 valence electrons. The van der Waals surface area contributed by atoms with Gasteiger partial charge in [0.25, 0.3) is 5.91 Å². The van der Waals surface area contributed by atoms with E-state index in [-0.39, 0.29) is 23.9 Å². The van der Waals surface area contributed by atoms with Crippen LogP contribution in [0.3, 0.4) is 0 Å². The van der Waals surface area contributed by atoms with Gasteiger partial charge in [0, 0.05) is 17.0 Å². The molecule has 1 aliphatic carbocycles. The predicted octanol–water partition coefficient (Wildman–Crippen LogP) is 5.53. The molecule has 0 unspecified atom stereocenters. The first-order chi connectivity index (χ1) is 18.0. The van der Waals surface area contributed by atoms with Crippen molar-refractivity contribution in [1.29, 1.82) is 0 Å². The third-order valence-electron chi connectivity index (χ3n) is 7.09. The Morgan fingerprint density at radius 3 is 2.41 bits per heavy atom. The fourth-order valence-electron chi connectivity index (χ4n) is 5.41. The molecule has 6 heteroatoms. The van der Waals surface area contributed by atoms with Gasteiger partial charge in [-0.25, -0.2) is 9.07 Å². The highest BCUT2D eigenvalue weighted by atomic mass is 19.1. The number of carbonyl (C=O) groups is 2. The molecule has 0 bridgehead atoms. The minimum absolute atomic E-state index is 0.118. The number of Topliss-reactive ketones (excluding diaryl/α,β-unsaturated/α-hetero) is 1. The third-order valence-corrected chi connectivity index (χ3v) is 7.09. The SMILES string of the molecule is Cc1nn(-c2ccccc2)c2c1[C@H](c1ccc(F)cc1)[C@@H](NC(=O)c1cccc3ccccc13)C(=O)C2. The number of benzene rings is 4. The molecule has 37 heavy (non-hydrogen) atoms. The molecule has 1 aromatic heterocycles. The molecule has 0 radical (unpaired) electrons. The first kappa shape index (κ1) is 22.9. The van der Waals surface area contributed by atoms with Crippen LogP contribution in [-0.4, -0.2) is 27.5 Å². The Balaban J connectivity index is 1.47. The molecule has 2 atom stereocenters. The summed E-state index contributed by atoms with van der Waals surface area (Å²) in [5, 5.41) is 9.58. The normalized spacial score (nSPS) is 17.0. The number of ketones is 1. The lowest BCUT2D eigenvalue weighted by Crippen LogP contribution is -2.48. The van der Waals surface area contributed by atoms with Crippen molar-refractivity contribution in [3.63, 3.8) is 0 Å². The molecular weight excluding hydrogens is 465 g/mol. The van der Waals surface area contributed by atoms with E-state index >= 15 is 0 Å². The molecule has 1 aliphatic rings. The summed E-state index contributed by atoms with van der Waals surface area (Å²) in [5.74, 6) is -1.31. The van der Waals surface area contributed by atoms with Crippen molar-refractivity contribution >= 4 is 22.5 Å². The number of fused-ring (bicyclic) bond motifs is 2. The Bertz CT molecular complexity index is 1640. The summed E-state index contributed by atoms with van der Waals surface area (Å²) in [6.07, 6.45) is 0.128. The summed E-state index contributed by atoms with van der Waals surface area (Å²) < 4.78 is 15.7. The largest absolute Gasteiger partial charge is 0.341 e. The van der Waals surface area contributed by atoms with Gasteiger partial charge in [0.05, 0.1) is 29.5 Å². The summed E-state index contributed by atoms with van der Waals surface area (Å²) in [7, 11) is 0. The van der Waals surface area contributed by atoms with Crippen molar-refractivity contribution in [2.45, 2.75) is 25.3 Å². The van der Waals surface area contributed by atoms with Gasteiger partial charge in [-0.1, -0.05) is 66.7 Å². The molecule has 0 saturated heterocycles. The number of amides is 1. The lowest BCUT2D eigenvalue weighted by Gasteiger charge is -2.32. The van der Waals surface area contributed by atoms with E-state index in [1.54, 1.807) is 18.2 Å². The van der Waals surface area contributed by atoms with Crippen LogP contribution in [0.5, 0.6) is 0 Å². The van der Waals surface area contributed by atoms with Crippen molar-refractivity contribution in [2.24, 2.45) is 0 Å². The Kier molecular flexibility index (Phi) is 5.64. The molecule has 5 aromatic rings. The number of aryl methyl sites for hydroxylation is 1. The molecule has 0 aliphatic heterocycles. The monoisotopic (exact) mass is 489 g/mol. The zero-order valence-corrected chi connectivity index (χ0v) is 20.2. The maximum absolute atomic E-state index is 13.9. The van der Waals surface area contributed by atoms with Crippen LogP contribution in [0.25, 0.3) is 16.5 Å². The molecule has 0 spiro atoms. The first-order valence-corrected chi connectivity index (χ1v) is 12.2. The number of carbonyl (C=O) groups excluding carboxylic acids is 2. The lowest BCUT2D eigenvalue weighted by molar-refractivity contribution is -0.121. The van der Waals surface area contributed by atoms with Gasteiger partial charge in [-0.3, -0.25) is 9.59 Å². The average molecular weight is 490 g/mol. The van der Waals surface area contributed by atoms with Crippen molar-refractivity contribution in [2.75, 3.05) is 0 Å². The molecular formula is C31H24FN3O2. The van der Waals surface area contributed by atoms with E-state index in [0.717, 1.165) is 39.0 Å². The van der Waals surface area contributed by atoms with Gasteiger partial charge in [0.1, 0.15) is 5.82 Å².